The van der Waals surface area contributed by atoms with Crippen LogP contribution in [0.15, 0.2) is 29.6 Å². The molecule has 0 saturated carbocycles. The molecular formula is C14H17N3O2S. The van der Waals surface area contributed by atoms with Crippen LogP contribution in [0.5, 0.6) is 0 Å². The third-order valence-electron chi connectivity index (χ3n) is 3.05. The lowest BCUT2D eigenvalue weighted by Gasteiger charge is -2.21. The molecule has 5 nitrogen and oxygen atoms in total. The predicted octanol–water partition coefficient (Wildman–Crippen LogP) is 2.69. The van der Waals surface area contributed by atoms with E-state index in [1.54, 1.807) is 5.38 Å². The highest BCUT2D eigenvalue weighted by molar-refractivity contribution is 7.13. The molecule has 106 valence electrons. The monoisotopic (exact) mass is 291 g/mol. The first-order chi connectivity index (χ1) is 9.54. The third-order valence-corrected chi connectivity index (χ3v) is 3.93. The van der Waals surface area contributed by atoms with Gasteiger partial charge in [0, 0.05) is 17.6 Å². The molecule has 6 heteroatoms. The Morgan fingerprint density at radius 2 is 2.20 bits per heavy atom. The Morgan fingerprint density at radius 1 is 1.50 bits per heavy atom. The molecule has 0 saturated heterocycles. The molecule has 0 spiro atoms. The van der Waals surface area contributed by atoms with Gasteiger partial charge in [0.15, 0.2) is 5.13 Å². The number of thiazole rings is 1. The normalized spacial score (nSPS) is 12.2. The average Bonchev–Trinajstić information content (AvgIpc) is 2.90. The van der Waals surface area contributed by atoms with Gasteiger partial charge in [-0.1, -0.05) is 18.2 Å². The first-order valence-electron chi connectivity index (χ1n) is 6.31. The maximum Gasteiger partial charge on any atom is 0.326 e. The van der Waals surface area contributed by atoms with Gasteiger partial charge in [-0.05, 0) is 25.5 Å². The van der Waals surface area contributed by atoms with Crippen molar-refractivity contribution in [1.82, 2.24) is 4.98 Å². The van der Waals surface area contributed by atoms with E-state index in [-0.39, 0.29) is 0 Å². The second-order valence-electron chi connectivity index (χ2n) is 4.40. The summed E-state index contributed by atoms with van der Waals surface area (Å²) in [6, 6.07) is 6.95. The first-order valence-corrected chi connectivity index (χ1v) is 7.19. The highest BCUT2D eigenvalue weighted by Gasteiger charge is 2.20. The van der Waals surface area contributed by atoms with Gasteiger partial charge in [0.05, 0.1) is 5.69 Å². The molecule has 20 heavy (non-hydrogen) atoms. The topological polar surface area (TPSA) is 79.5 Å². The van der Waals surface area contributed by atoms with Gasteiger partial charge in [0.1, 0.15) is 6.04 Å². The molecule has 1 heterocycles. The van der Waals surface area contributed by atoms with Gasteiger partial charge < -0.3 is 15.7 Å². The molecule has 2 aromatic rings. The molecule has 0 radical (unpaired) electrons. The van der Waals surface area contributed by atoms with Crippen molar-refractivity contribution in [3.05, 3.63) is 40.9 Å². The number of aliphatic carboxylic acids is 1. The molecule has 0 aliphatic rings. The number of anilines is 2. The lowest BCUT2D eigenvalue weighted by Crippen LogP contribution is -2.22. The van der Waals surface area contributed by atoms with Gasteiger partial charge in [-0.2, -0.15) is 0 Å². The highest BCUT2D eigenvalue weighted by atomic mass is 32.1. The van der Waals surface area contributed by atoms with E-state index in [1.165, 1.54) is 11.3 Å². The van der Waals surface area contributed by atoms with Crippen molar-refractivity contribution < 1.29 is 9.90 Å². The van der Waals surface area contributed by atoms with Gasteiger partial charge in [-0.25, -0.2) is 4.98 Å². The summed E-state index contributed by atoms with van der Waals surface area (Å²) in [6.45, 7) is 4.82. The van der Waals surface area contributed by atoms with E-state index < -0.39 is 12.0 Å². The lowest BCUT2D eigenvalue weighted by atomic mass is 10.2. The fraction of sp³-hybridized carbons (Fsp3) is 0.286. The number of aryl methyl sites for hydroxylation is 1. The number of hydrogen-bond donors (Lipinski definition) is 2. The second kappa shape index (κ2) is 6.02. The average molecular weight is 291 g/mol. The maximum absolute atomic E-state index is 10.9. The highest BCUT2D eigenvalue weighted by Crippen LogP contribution is 2.31. The van der Waals surface area contributed by atoms with Crippen molar-refractivity contribution in [2.24, 2.45) is 5.73 Å². The van der Waals surface area contributed by atoms with Crippen molar-refractivity contribution in [2.75, 3.05) is 11.4 Å². The molecule has 0 amide bonds. The second-order valence-corrected chi connectivity index (χ2v) is 5.24. The van der Waals surface area contributed by atoms with Crippen LogP contribution >= 0.6 is 11.3 Å². The number of carbonyl (C=O) groups is 1. The van der Waals surface area contributed by atoms with Crippen LogP contribution in [0, 0.1) is 6.92 Å². The lowest BCUT2D eigenvalue weighted by molar-refractivity contribution is -0.138. The van der Waals surface area contributed by atoms with E-state index in [2.05, 4.69) is 9.88 Å². The number of hydrogen-bond acceptors (Lipinski definition) is 5. The number of carboxylic acid groups (broad SMARTS) is 1. The number of carboxylic acids is 1. The first kappa shape index (κ1) is 14.5. The van der Waals surface area contributed by atoms with Gasteiger partial charge in [-0.3, -0.25) is 4.79 Å². The largest absolute Gasteiger partial charge is 0.480 e. The Labute approximate surface area is 121 Å². The van der Waals surface area contributed by atoms with Crippen molar-refractivity contribution in [2.45, 2.75) is 19.9 Å². The number of nitrogens with two attached hydrogens (primary N) is 1. The number of rotatable bonds is 5. The molecule has 0 bridgehead atoms. The standard InChI is InChI=1S/C14H17N3O2S/c1-3-17(11-7-5-4-6-9(11)2)14-16-10(8-20-14)12(15)13(18)19/h4-8,12H,3,15H2,1-2H3,(H,18,19). The summed E-state index contributed by atoms with van der Waals surface area (Å²) in [5.41, 5.74) is 8.20. The molecular weight excluding hydrogens is 274 g/mol. The molecule has 2 rings (SSSR count). The van der Waals surface area contributed by atoms with Crippen LogP contribution in [0.3, 0.4) is 0 Å². The quantitative estimate of drug-likeness (QED) is 0.885. The van der Waals surface area contributed by atoms with E-state index in [9.17, 15) is 4.79 Å². The van der Waals surface area contributed by atoms with Crippen LogP contribution < -0.4 is 10.6 Å². The number of para-hydroxylation sites is 1. The minimum absolute atomic E-state index is 0.393. The summed E-state index contributed by atoms with van der Waals surface area (Å²) in [6.07, 6.45) is 0. The van der Waals surface area contributed by atoms with E-state index in [4.69, 9.17) is 10.8 Å². The molecule has 3 N–H and O–H groups in total. The molecule has 0 fully saturated rings. The SMILES string of the molecule is CCN(c1nc(C(N)C(=O)O)cs1)c1ccccc1C. The zero-order valence-electron chi connectivity index (χ0n) is 11.4. The third kappa shape index (κ3) is 2.81. The number of nitrogens with zero attached hydrogens (tertiary/aromatic N) is 2. The van der Waals surface area contributed by atoms with Crippen molar-refractivity contribution in [3.8, 4) is 0 Å². The van der Waals surface area contributed by atoms with Crippen LogP contribution in [0.1, 0.15) is 24.2 Å². The van der Waals surface area contributed by atoms with Gasteiger partial charge in [-0.15, -0.1) is 11.3 Å². The fourth-order valence-corrected chi connectivity index (χ4v) is 2.88. The zero-order valence-corrected chi connectivity index (χ0v) is 12.2. The zero-order chi connectivity index (χ0) is 14.7. The summed E-state index contributed by atoms with van der Waals surface area (Å²) < 4.78 is 0. The van der Waals surface area contributed by atoms with E-state index in [0.717, 1.165) is 22.9 Å². The molecule has 1 aromatic carbocycles. The molecule has 1 aromatic heterocycles. The minimum atomic E-state index is -1.07. The summed E-state index contributed by atoms with van der Waals surface area (Å²) in [5.74, 6) is -1.07. The Kier molecular flexibility index (Phi) is 4.36. The van der Waals surface area contributed by atoms with E-state index >= 15 is 0 Å². The molecule has 1 atom stereocenters. The maximum atomic E-state index is 10.9. The van der Waals surface area contributed by atoms with Crippen LogP contribution in [0.2, 0.25) is 0 Å². The summed E-state index contributed by atoms with van der Waals surface area (Å²) in [4.78, 5) is 17.3. The smallest absolute Gasteiger partial charge is 0.326 e. The van der Waals surface area contributed by atoms with Gasteiger partial charge in [0.2, 0.25) is 0 Å². The van der Waals surface area contributed by atoms with Gasteiger partial charge in [0.25, 0.3) is 0 Å². The Hall–Kier alpha value is -1.92. The fourth-order valence-electron chi connectivity index (χ4n) is 1.94. The Balaban J connectivity index is 2.34. The Morgan fingerprint density at radius 3 is 2.80 bits per heavy atom. The van der Waals surface area contributed by atoms with Crippen LogP contribution in [-0.4, -0.2) is 22.6 Å². The summed E-state index contributed by atoms with van der Waals surface area (Å²) >= 11 is 1.40. The van der Waals surface area contributed by atoms with Crippen molar-refractivity contribution in [3.63, 3.8) is 0 Å². The van der Waals surface area contributed by atoms with E-state index in [0.29, 0.717) is 5.69 Å². The number of aromatic nitrogens is 1. The predicted molar refractivity (Wildman–Crippen MR) is 80.5 cm³/mol. The summed E-state index contributed by atoms with van der Waals surface area (Å²) in [7, 11) is 0. The van der Waals surface area contributed by atoms with E-state index in [1.807, 2.05) is 38.1 Å². The molecule has 0 aliphatic heterocycles. The van der Waals surface area contributed by atoms with Crippen molar-refractivity contribution >= 4 is 28.1 Å². The number of benzene rings is 1. The van der Waals surface area contributed by atoms with Crippen LogP contribution in [0.25, 0.3) is 0 Å². The Bertz CT molecular complexity index is 612. The van der Waals surface area contributed by atoms with Crippen LogP contribution in [-0.2, 0) is 4.79 Å². The van der Waals surface area contributed by atoms with Gasteiger partial charge >= 0.3 is 5.97 Å². The minimum Gasteiger partial charge on any atom is -0.480 e. The van der Waals surface area contributed by atoms with Crippen LogP contribution in [0.4, 0.5) is 10.8 Å². The molecule has 1 unspecified atom stereocenters. The molecule has 0 aliphatic carbocycles. The summed E-state index contributed by atoms with van der Waals surface area (Å²) in [5, 5.41) is 11.4. The van der Waals surface area contributed by atoms with Crippen molar-refractivity contribution in [1.29, 1.82) is 0 Å².